The Balaban J connectivity index is 0.000000270. The molecule has 5 saturated carbocycles. The summed E-state index contributed by atoms with van der Waals surface area (Å²) in [4.78, 5) is 19.7. The number of nitro groups is 1. The Bertz CT molecular complexity index is 1280. The Kier molecular flexibility index (Phi) is 8.47. The number of carboxylic acid groups (broad SMARTS) is 1. The molecule has 5 aliphatic carbocycles. The zero-order valence-corrected chi connectivity index (χ0v) is 28.5. The quantitative estimate of drug-likeness (QED) is 0.199. The lowest BCUT2D eigenvalue weighted by molar-refractivity contribution is -0.384. The van der Waals surface area contributed by atoms with Gasteiger partial charge in [0.25, 0.3) is 5.69 Å². The minimum atomic E-state index is -1.34. The third kappa shape index (κ3) is 4.88. The topological polar surface area (TPSA) is 104 Å². The van der Waals surface area contributed by atoms with Gasteiger partial charge in [-0.15, -0.1) is 0 Å². The van der Waals surface area contributed by atoms with Crippen molar-refractivity contribution in [2.45, 2.75) is 132 Å². The molecule has 0 radical (unpaired) electrons. The lowest BCUT2D eigenvalue weighted by atomic mass is 9.41. The highest BCUT2D eigenvalue weighted by atomic mass is 16.6. The van der Waals surface area contributed by atoms with Crippen molar-refractivity contribution in [1.29, 1.82) is 0 Å². The van der Waals surface area contributed by atoms with Crippen molar-refractivity contribution in [3.8, 4) is 0 Å². The third-order valence-corrected chi connectivity index (χ3v) is 15.0. The van der Waals surface area contributed by atoms with Gasteiger partial charge in [0.05, 0.1) is 17.0 Å². The molecule has 5 aliphatic rings. The van der Waals surface area contributed by atoms with Gasteiger partial charge in [-0.3, -0.25) is 10.1 Å². The van der Waals surface area contributed by atoms with E-state index in [9.17, 15) is 25.1 Å². The number of nitrogens with zero attached hydrogens (tertiary/aromatic N) is 1. The summed E-state index contributed by atoms with van der Waals surface area (Å²) in [6, 6.07) is 4.50. The molecule has 0 saturated heterocycles. The van der Waals surface area contributed by atoms with Crippen molar-refractivity contribution in [3.63, 3.8) is 0 Å². The van der Waals surface area contributed by atoms with Gasteiger partial charge in [0.15, 0.2) is 0 Å². The maximum Gasteiger partial charge on any atom is 0.269 e. The van der Waals surface area contributed by atoms with E-state index in [0.29, 0.717) is 21.7 Å². The Morgan fingerprint density at radius 1 is 0.909 bits per heavy atom. The summed E-state index contributed by atoms with van der Waals surface area (Å²) in [6.07, 6.45) is 15.2. The fourth-order valence-corrected chi connectivity index (χ4v) is 11.9. The molecular formula is C38H56NO5-. The van der Waals surface area contributed by atoms with Crippen LogP contribution in [-0.4, -0.2) is 22.1 Å². The summed E-state index contributed by atoms with van der Waals surface area (Å²) in [7, 11) is 0. The van der Waals surface area contributed by atoms with E-state index in [1.807, 2.05) is 0 Å². The number of non-ortho nitro benzene ring substituents is 1. The number of hydrogen-bond donors (Lipinski definition) is 1. The van der Waals surface area contributed by atoms with Crippen LogP contribution in [0.5, 0.6) is 0 Å². The molecule has 5 fully saturated rings. The van der Waals surface area contributed by atoms with Crippen LogP contribution in [0.4, 0.5) is 5.69 Å². The zero-order chi connectivity index (χ0) is 32.5. The number of hydrogen-bond acceptors (Lipinski definition) is 5. The molecule has 6 nitrogen and oxygen atoms in total. The predicted molar refractivity (Wildman–Crippen MR) is 173 cm³/mol. The van der Waals surface area contributed by atoms with E-state index in [2.05, 4.69) is 55.4 Å². The molecule has 6 rings (SSSR count). The molecule has 9 atom stereocenters. The second-order valence-electron chi connectivity index (χ2n) is 16.9. The monoisotopic (exact) mass is 606 g/mol. The number of benzene rings is 1. The van der Waals surface area contributed by atoms with Crippen molar-refractivity contribution < 1.29 is 19.9 Å². The molecule has 0 unspecified atom stereocenters. The highest BCUT2D eigenvalue weighted by Gasteiger charge is 2.82. The first kappa shape index (κ1) is 33.2. The van der Waals surface area contributed by atoms with E-state index in [-0.39, 0.29) is 22.8 Å². The van der Waals surface area contributed by atoms with Crippen LogP contribution in [-0.2, 0) is 0 Å². The van der Waals surface area contributed by atoms with Crippen molar-refractivity contribution in [3.05, 3.63) is 51.1 Å². The minimum absolute atomic E-state index is 0.0689. The van der Waals surface area contributed by atoms with Crippen LogP contribution in [0.3, 0.4) is 0 Å². The summed E-state index contributed by atoms with van der Waals surface area (Å²) in [5.41, 5.74) is 5.31. The van der Waals surface area contributed by atoms with E-state index in [1.165, 1.54) is 69.8 Å². The molecule has 0 bridgehead atoms. The van der Waals surface area contributed by atoms with Gasteiger partial charge in [0.1, 0.15) is 0 Å². The summed E-state index contributed by atoms with van der Waals surface area (Å²) >= 11 is 0. The largest absolute Gasteiger partial charge is 0.545 e. The third-order valence-electron chi connectivity index (χ3n) is 15.0. The number of aliphatic hydroxyl groups excluding tert-OH is 1. The second-order valence-corrected chi connectivity index (χ2v) is 16.9. The summed E-state index contributed by atoms with van der Waals surface area (Å²) in [5, 5.41) is 31.2. The lowest BCUT2D eigenvalue weighted by Gasteiger charge is -2.63. The Hall–Kier alpha value is -2.21. The van der Waals surface area contributed by atoms with Gasteiger partial charge in [-0.25, -0.2) is 0 Å². The van der Waals surface area contributed by atoms with Gasteiger partial charge in [-0.2, -0.15) is 0 Å². The average molecular weight is 607 g/mol. The molecule has 244 valence electrons. The molecular weight excluding hydrogens is 550 g/mol. The van der Waals surface area contributed by atoms with Gasteiger partial charge < -0.3 is 15.0 Å². The highest BCUT2D eigenvalue weighted by Crippen LogP contribution is 2.89. The van der Waals surface area contributed by atoms with Crippen LogP contribution < -0.4 is 5.11 Å². The van der Waals surface area contributed by atoms with Gasteiger partial charge in [0.2, 0.25) is 0 Å². The molecule has 1 N–H and O–H groups in total. The van der Waals surface area contributed by atoms with Gasteiger partial charge in [-0.1, -0.05) is 45.8 Å². The number of nitro benzene ring substituents is 1. The molecule has 1 aromatic carbocycles. The predicted octanol–water partition coefficient (Wildman–Crippen LogP) is 8.52. The van der Waals surface area contributed by atoms with Crippen molar-refractivity contribution in [1.82, 2.24) is 0 Å². The van der Waals surface area contributed by atoms with Crippen LogP contribution in [0.25, 0.3) is 0 Å². The van der Waals surface area contributed by atoms with Gasteiger partial charge in [0, 0.05) is 12.1 Å². The maximum absolute atomic E-state index is 10.9. The number of allylic oxidation sites excluding steroid dienone is 2. The van der Waals surface area contributed by atoms with Gasteiger partial charge in [-0.05, 0) is 160 Å². The van der Waals surface area contributed by atoms with Crippen molar-refractivity contribution in [2.75, 3.05) is 0 Å². The molecule has 44 heavy (non-hydrogen) atoms. The fourth-order valence-electron chi connectivity index (χ4n) is 11.9. The number of carbonyl (C=O) groups excluding carboxylic acids is 1. The average Bonchev–Trinajstić information content (AvgIpc) is 3.56. The Morgan fingerprint density at radius 2 is 1.52 bits per heavy atom. The molecule has 0 amide bonds. The van der Waals surface area contributed by atoms with Crippen molar-refractivity contribution in [2.24, 2.45) is 50.7 Å². The normalized spacial score (nSPS) is 40.1. The number of carboxylic acids is 1. The zero-order valence-electron chi connectivity index (χ0n) is 28.5. The molecule has 0 aromatic heterocycles. The van der Waals surface area contributed by atoms with Crippen LogP contribution in [0.15, 0.2) is 35.4 Å². The smallest absolute Gasteiger partial charge is 0.269 e. The lowest BCUT2D eigenvalue weighted by Crippen LogP contribution is -2.57. The summed E-state index contributed by atoms with van der Waals surface area (Å²) < 4.78 is 0. The van der Waals surface area contributed by atoms with E-state index in [0.717, 1.165) is 54.4 Å². The van der Waals surface area contributed by atoms with E-state index in [1.54, 1.807) is 5.57 Å². The van der Waals surface area contributed by atoms with Crippen LogP contribution in [0.2, 0.25) is 0 Å². The summed E-state index contributed by atoms with van der Waals surface area (Å²) in [6.45, 7) is 19.8. The van der Waals surface area contributed by atoms with Crippen LogP contribution in [0, 0.1) is 60.9 Å². The first-order chi connectivity index (χ1) is 20.5. The first-order valence-corrected chi connectivity index (χ1v) is 17.2. The fraction of sp³-hybridized carbons (Fsp3) is 0.763. The Morgan fingerprint density at radius 3 is 2.11 bits per heavy atom. The molecule has 0 aliphatic heterocycles. The number of rotatable bonds is 6. The van der Waals surface area contributed by atoms with E-state index >= 15 is 0 Å². The minimum Gasteiger partial charge on any atom is -0.545 e. The van der Waals surface area contributed by atoms with Crippen LogP contribution in [0.1, 0.15) is 136 Å². The summed E-state index contributed by atoms with van der Waals surface area (Å²) in [5.74, 6) is 2.11. The molecule has 1 aromatic rings. The number of aromatic carboxylic acids is 1. The second kappa shape index (κ2) is 11.2. The number of carbonyl (C=O) groups is 1. The molecule has 6 heteroatoms. The number of aliphatic hydroxyl groups is 1. The standard InChI is InChI=1S/C31H52O.C7H5NO4/c1-20(2)21(3)9-10-22(4)23-13-15-29(8)25-12-11-24-27(5,6)26(32)14-16-30(24)19-31(25,30)18-17-28(23,29)7;9-7(10)5-1-3-6(4-2-5)8(11)12/h22-26,32H,9-19H2,1-8H3;1-4H,(H,9,10)/p-1/t22-,23-,24+,25+,26+,28-,29+,30-,31+;/m1./s1. The van der Waals surface area contributed by atoms with E-state index < -0.39 is 10.9 Å². The molecule has 2 spiro atoms. The first-order valence-electron chi connectivity index (χ1n) is 17.2. The van der Waals surface area contributed by atoms with Crippen molar-refractivity contribution >= 4 is 11.7 Å². The highest BCUT2D eigenvalue weighted by molar-refractivity contribution is 5.85. The van der Waals surface area contributed by atoms with E-state index in [4.69, 9.17) is 0 Å². The number of fused-ring (bicyclic) bond motifs is 2. The SMILES string of the molecule is CC(C)=C(C)CC[C@@H](C)[C@H]1CC[C@@]2(C)[C@@H]3CC[C@H]4C(C)(C)[C@@H](O)CC[C@@]45C[C@@]35CC[C@]12C.O=C([O-])c1ccc([N+](=O)[O-])cc1. The molecule has 0 heterocycles. The Labute approximate surface area is 265 Å². The van der Waals surface area contributed by atoms with Gasteiger partial charge >= 0.3 is 0 Å². The van der Waals surface area contributed by atoms with Crippen LogP contribution >= 0.6 is 0 Å². The maximum atomic E-state index is 10.9.